The smallest absolute Gasteiger partial charge is 0.298 e. The Balaban J connectivity index is 3.24. The SMILES string of the molecule is O=c1[nH]c(=O)n(CCCl)cc1Cl. The molecule has 0 unspecified atom stereocenters. The van der Waals surface area contributed by atoms with Crippen molar-refractivity contribution in [2.45, 2.75) is 6.54 Å². The van der Waals surface area contributed by atoms with E-state index in [2.05, 4.69) is 4.98 Å². The molecule has 12 heavy (non-hydrogen) atoms. The quantitative estimate of drug-likeness (QED) is 0.718. The van der Waals surface area contributed by atoms with Crippen LogP contribution >= 0.6 is 23.2 Å². The summed E-state index contributed by atoms with van der Waals surface area (Å²) in [4.78, 5) is 23.8. The number of H-pyrrole nitrogens is 1. The van der Waals surface area contributed by atoms with Crippen molar-refractivity contribution in [1.82, 2.24) is 9.55 Å². The zero-order valence-corrected chi connectivity index (χ0v) is 7.52. The zero-order valence-electron chi connectivity index (χ0n) is 6.01. The van der Waals surface area contributed by atoms with Crippen LogP contribution in [0.4, 0.5) is 0 Å². The number of nitrogens with one attached hydrogen (secondary N) is 1. The van der Waals surface area contributed by atoms with Crippen LogP contribution in [0.25, 0.3) is 0 Å². The molecular formula is C6H6Cl2N2O2. The van der Waals surface area contributed by atoms with Crippen molar-refractivity contribution in [2.24, 2.45) is 0 Å². The highest BCUT2D eigenvalue weighted by molar-refractivity contribution is 6.30. The first-order valence-electron chi connectivity index (χ1n) is 3.20. The third-order valence-corrected chi connectivity index (χ3v) is 1.73. The van der Waals surface area contributed by atoms with Gasteiger partial charge >= 0.3 is 5.69 Å². The van der Waals surface area contributed by atoms with Gasteiger partial charge in [0.25, 0.3) is 5.56 Å². The first-order valence-corrected chi connectivity index (χ1v) is 4.11. The molecule has 0 spiro atoms. The van der Waals surface area contributed by atoms with E-state index in [9.17, 15) is 9.59 Å². The molecule has 0 amide bonds. The van der Waals surface area contributed by atoms with Crippen LogP contribution < -0.4 is 11.2 Å². The molecular weight excluding hydrogens is 203 g/mol. The zero-order chi connectivity index (χ0) is 9.14. The average molecular weight is 209 g/mol. The second-order valence-corrected chi connectivity index (χ2v) is 2.90. The molecule has 66 valence electrons. The fourth-order valence-corrected chi connectivity index (χ4v) is 1.09. The Labute approximate surface area is 77.7 Å². The van der Waals surface area contributed by atoms with E-state index >= 15 is 0 Å². The van der Waals surface area contributed by atoms with Gasteiger partial charge in [0, 0.05) is 18.6 Å². The van der Waals surface area contributed by atoms with E-state index in [0.717, 1.165) is 0 Å². The molecule has 0 radical (unpaired) electrons. The van der Waals surface area contributed by atoms with E-state index in [-0.39, 0.29) is 5.02 Å². The minimum Gasteiger partial charge on any atom is -0.298 e. The first-order chi connectivity index (χ1) is 5.65. The van der Waals surface area contributed by atoms with Crippen molar-refractivity contribution in [3.8, 4) is 0 Å². The monoisotopic (exact) mass is 208 g/mol. The number of halogens is 2. The number of hydrogen-bond acceptors (Lipinski definition) is 2. The third kappa shape index (κ3) is 1.89. The Bertz CT molecular complexity index is 382. The Morgan fingerprint density at radius 3 is 2.75 bits per heavy atom. The lowest BCUT2D eigenvalue weighted by molar-refractivity contribution is 0.698. The van der Waals surface area contributed by atoms with Gasteiger partial charge in [-0.25, -0.2) is 4.79 Å². The number of aromatic amines is 1. The highest BCUT2D eigenvalue weighted by Crippen LogP contribution is 1.95. The molecule has 0 fully saturated rings. The predicted molar refractivity (Wildman–Crippen MR) is 47.1 cm³/mol. The number of aromatic nitrogens is 2. The summed E-state index contributed by atoms with van der Waals surface area (Å²) in [5, 5.41) is -0.0142. The first kappa shape index (κ1) is 9.35. The summed E-state index contributed by atoms with van der Waals surface area (Å²) < 4.78 is 1.25. The van der Waals surface area contributed by atoms with Gasteiger partial charge in [-0.1, -0.05) is 11.6 Å². The number of aryl methyl sites for hydroxylation is 1. The van der Waals surface area contributed by atoms with Crippen LogP contribution in [0.5, 0.6) is 0 Å². The minimum absolute atomic E-state index is 0.0142. The van der Waals surface area contributed by atoms with Crippen molar-refractivity contribution in [3.63, 3.8) is 0 Å². The summed E-state index contributed by atoms with van der Waals surface area (Å²) in [6.45, 7) is 0.330. The molecule has 0 aliphatic carbocycles. The lowest BCUT2D eigenvalue weighted by Gasteiger charge is -2.00. The van der Waals surface area contributed by atoms with Crippen molar-refractivity contribution >= 4 is 23.2 Å². The van der Waals surface area contributed by atoms with Gasteiger partial charge in [-0.3, -0.25) is 14.3 Å². The fraction of sp³-hybridized carbons (Fsp3) is 0.333. The van der Waals surface area contributed by atoms with Gasteiger partial charge < -0.3 is 0 Å². The van der Waals surface area contributed by atoms with E-state index in [1.807, 2.05) is 0 Å². The second kappa shape index (κ2) is 3.78. The highest BCUT2D eigenvalue weighted by Gasteiger charge is 2.00. The molecule has 1 rings (SSSR count). The summed E-state index contributed by atoms with van der Waals surface area (Å²) in [6.07, 6.45) is 1.27. The van der Waals surface area contributed by atoms with Gasteiger partial charge in [-0.15, -0.1) is 11.6 Å². The Kier molecular flexibility index (Phi) is 2.94. The molecule has 1 N–H and O–H groups in total. The summed E-state index contributed by atoms with van der Waals surface area (Å²) >= 11 is 10.9. The molecule has 1 aromatic heterocycles. The molecule has 1 heterocycles. The summed E-state index contributed by atoms with van der Waals surface area (Å²) in [5.74, 6) is 0.294. The summed E-state index contributed by atoms with van der Waals surface area (Å²) in [5.41, 5.74) is -1.07. The molecule has 0 saturated carbocycles. The highest BCUT2D eigenvalue weighted by atomic mass is 35.5. The second-order valence-electron chi connectivity index (χ2n) is 2.12. The number of rotatable bonds is 2. The maximum Gasteiger partial charge on any atom is 0.328 e. The Morgan fingerprint density at radius 1 is 1.50 bits per heavy atom. The van der Waals surface area contributed by atoms with Gasteiger partial charge in [-0.2, -0.15) is 0 Å². The van der Waals surface area contributed by atoms with Crippen LogP contribution in [-0.4, -0.2) is 15.4 Å². The molecule has 0 saturated heterocycles. The molecule has 0 aromatic carbocycles. The van der Waals surface area contributed by atoms with Crippen LogP contribution in [-0.2, 0) is 6.54 Å². The van der Waals surface area contributed by atoms with Gasteiger partial charge in [0.15, 0.2) is 0 Å². The number of nitrogens with zero attached hydrogens (tertiary/aromatic N) is 1. The van der Waals surface area contributed by atoms with Crippen LogP contribution in [0.3, 0.4) is 0 Å². The maximum absolute atomic E-state index is 11.0. The molecule has 0 aliphatic heterocycles. The van der Waals surface area contributed by atoms with Crippen LogP contribution in [0, 0.1) is 0 Å². The average Bonchev–Trinajstić information content (AvgIpc) is 2.01. The van der Waals surface area contributed by atoms with Crippen LogP contribution in [0.15, 0.2) is 15.8 Å². The van der Waals surface area contributed by atoms with Gasteiger partial charge in [0.2, 0.25) is 0 Å². The fourth-order valence-electron chi connectivity index (χ4n) is 0.740. The predicted octanol–water partition coefficient (Wildman–Crippen LogP) is 0.429. The Hall–Kier alpha value is -0.740. The van der Waals surface area contributed by atoms with Crippen LogP contribution in [0.2, 0.25) is 5.02 Å². The standard InChI is InChI=1S/C6H6Cl2N2O2/c7-1-2-10-3-4(8)5(11)9-6(10)12/h3H,1-2H2,(H,9,11,12). The number of alkyl halides is 1. The summed E-state index contributed by atoms with van der Waals surface area (Å²) in [7, 11) is 0. The largest absolute Gasteiger partial charge is 0.328 e. The molecule has 0 aliphatic rings. The lowest BCUT2D eigenvalue weighted by atomic mass is 10.6. The lowest BCUT2D eigenvalue weighted by Crippen LogP contribution is -2.30. The summed E-state index contributed by atoms with van der Waals surface area (Å²) in [6, 6.07) is 0. The number of hydrogen-bond donors (Lipinski definition) is 1. The van der Waals surface area contributed by atoms with Gasteiger partial charge in [0.05, 0.1) is 0 Å². The van der Waals surface area contributed by atoms with E-state index in [4.69, 9.17) is 23.2 Å². The van der Waals surface area contributed by atoms with E-state index in [1.165, 1.54) is 10.8 Å². The molecule has 0 atom stereocenters. The minimum atomic E-state index is -0.576. The van der Waals surface area contributed by atoms with Crippen LogP contribution in [0.1, 0.15) is 0 Å². The van der Waals surface area contributed by atoms with E-state index in [0.29, 0.717) is 12.4 Å². The van der Waals surface area contributed by atoms with Gasteiger partial charge in [0.1, 0.15) is 5.02 Å². The molecule has 0 bridgehead atoms. The third-order valence-electron chi connectivity index (χ3n) is 1.29. The van der Waals surface area contributed by atoms with Crippen molar-refractivity contribution < 1.29 is 0 Å². The van der Waals surface area contributed by atoms with Crippen molar-refractivity contribution in [3.05, 3.63) is 32.1 Å². The molecule has 1 aromatic rings. The Morgan fingerprint density at radius 2 is 2.17 bits per heavy atom. The van der Waals surface area contributed by atoms with E-state index in [1.54, 1.807) is 0 Å². The van der Waals surface area contributed by atoms with Gasteiger partial charge in [-0.05, 0) is 0 Å². The normalized spacial score (nSPS) is 10.2. The van der Waals surface area contributed by atoms with E-state index < -0.39 is 11.2 Å². The topological polar surface area (TPSA) is 54.9 Å². The van der Waals surface area contributed by atoms with Crippen molar-refractivity contribution in [1.29, 1.82) is 0 Å². The molecule has 6 heteroatoms. The van der Waals surface area contributed by atoms with Crippen molar-refractivity contribution in [2.75, 3.05) is 5.88 Å². The molecule has 4 nitrogen and oxygen atoms in total. The maximum atomic E-state index is 11.0.